The van der Waals surface area contributed by atoms with Crippen molar-refractivity contribution in [1.82, 2.24) is 4.98 Å². The number of carbonyl (C=O) groups is 2. The lowest BCUT2D eigenvalue weighted by Crippen LogP contribution is -2.29. The summed E-state index contributed by atoms with van der Waals surface area (Å²) in [5, 5.41) is 11.7. The van der Waals surface area contributed by atoms with E-state index in [0.717, 1.165) is 28.2 Å². The number of nitrogens with zero attached hydrogens (tertiary/aromatic N) is 2. The van der Waals surface area contributed by atoms with Gasteiger partial charge in [0, 0.05) is 12.0 Å². The Labute approximate surface area is 210 Å². The van der Waals surface area contributed by atoms with E-state index in [-0.39, 0.29) is 22.6 Å². The van der Waals surface area contributed by atoms with Crippen molar-refractivity contribution in [1.29, 1.82) is 0 Å². The van der Waals surface area contributed by atoms with Crippen LogP contribution >= 0.6 is 11.3 Å². The summed E-state index contributed by atoms with van der Waals surface area (Å²) in [5.41, 5.74) is 3.55. The highest BCUT2D eigenvalue weighted by molar-refractivity contribution is 7.22. The molecule has 0 bridgehead atoms. The molecular weight excluding hydrogens is 479 g/mol. The number of aliphatic hydroxyl groups is 1. The molecule has 6 nitrogen and oxygen atoms in total. The zero-order valence-electron chi connectivity index (χ0n) is 19.5. The number of aromatic nitrogens is 1. The lowest BCUT2D eigenvalue weighted by atomic mass is 9.94. The largest absolute Gasteiger partial charge is 0.507 e. The van der Waals surface area contributed by atoms with Crippen LogP contribution in [0.5, 0.6) is 5.75 Å². The first-order chi connectivity index (χ1) is 17.3. The normalized spacial score (nSPS) is 20.7. The van der Waals surface area contributed by atoms with Crippen LogP contribution in [0.25, 0.3) is 16.0 Å². The molecule has 8 heteroatoms. The fourth-order valence-corrected chi connectivity index (χ4v) is 5.83. The van der Waals surface area contributed by atoms with Crippen LogP contribution in [-0.2, 0) is 16.0 Å². The average molecular weight is 501 g/mol. The van der Waals surface area contributed by atoms with Crippen molar-refractivity contribution in [2.45, 2.75) is 32.4 Å². The third-order valence-corrected chi connectivity index (χ3v) is 7.57. The third kappa shape index (κ3) is 3.56. The number of ketones is 1. The molecule has 0 saturated carbocycles. The third-order valence-electron chi connectivity index (χ3n) is 6.55. The number of benzene rings is 3. The summed E-state index contributed by atoms with van der Waals surface area (Å²) in [7, 11) is 0. The van der Waals surface area contributed by atoms with E-state index in [1.807, 2.05) is 38.1 Å². The molecule has 3 heterocycles. The molecule has 2 atom stereocenters. The van der Waals surface area contributed by atoms with Crippen LogP contribution in [0.3, 0.4) is 0 Å². The molecule has 6 rings (SSSR count). The minimum Gasteiger partial charge on any atom is -0.507 e. The molecule has 0 aliphatic carbocycles. The van der Waals surface area contributed by atoms with Gasteiger partial charge in [-0.1, -0.05) is 41.2 Å². The minimum absolute atomic E-state index is 0.0128. The summed E-state index contributed by atoms with van der Waals surface area (Å²) in [6.07, 6.45) is 0.716. The standard InChI is InChI=1S/C28H21FN2O4S/c1-14-3-5-16(6-4-14)24-23(25(32)17-7-10-21-18(12-17)11-15(2)35-21)26(33)27(34)31(24)28-30-20-9-8-19(29)13-22(20)36-28/h3-10,12-13,15,24,32H,11H2,1-2H3. The summed E-state index contributed by atoms with van der Waals surface area (Å²) in [6.45, 7) is 3.91. The summed E-state index contributed by atoms with van der Waals surface area (Å²) in [5.74, 6) is -1.51. The van der Waals surface area contributed by atoms with Gasteiger partial charge in [0.2, 0.25) is 0 Å². The number of amides is 1. The lowest BCUT2D eigenvalue weighted by Gasteiger charge is -2.23. The van der Waals surface area contributed by atoms with Gasteiger partial charge in [-0.15, -0.1) is 0 Å². The molecule has 180 valence electrons. The fourth-order valence-electron chi connectivity index (χ4n) is 4.81. The Morgan fingerprint density at radius 3 is 2.67 bits per heavy atom. The van der Waals surface area contributed by atoms with Gasteiger partial charge < -0.3 is 9.84 Å². The van der Waals surface area contributed by atoms with Crippen LogP contribution in [0.4, 0.5) is 9.52 Å². The second kappa shape index (κ2) is 8.27. The highest BCUT2D eigenvalue weighted by Crippen LogP contribution is 2.45. The number of thiazole rings is 1. The number of rotatable bonds is 3. The van der Waals surface area contributed by atoms with Gasteiger partial charge in [-0.05, 0) is 61.4 Å². The summed E-state index contributed by atoms with van der Waals surface area (Å²) >= 11 is 1.12. The number of hydrogen-bond donors (Lipinski definition) is 1. The van der Waals surface area contributed by atoms with E-state index >= 15 is 0 Å². The van der Waals surface area contributed by atoms with E-state index in [0.29, 0.717) is 27.8 Å². The van der Waals surface area contributed by atoms with Crippen LogP contribution < -0.4 is 9.64 Å². The van der Waals surface area contributed by atoms with Crippen molar-refractivity contribution in [3.05, 3.63) is 94.3 Å². The van der Waals surface area contributed by atoms with Crippen LogP contribution in [0.15, 0.2) is 66.2 Å². The van der Waals surface area contributed by atoms with E-state index in [2.05, 4.69) is 4.98 Å². The number of ether oxygens (including phenoxy) is 1. The number of halogens is 1. The Kier molecular flexibility index (Phi) is 5.15. The highest BCUT2D eigenvalue weighted by Gasteiger charge is 2.48. The van der Waals surface area contributed by atoms with Gasteiger partial charge in [0.15, 0.2) is 5.13 Å². The Balaban J connectivity index is 1.53. The van der Waals surface area contributed by atoms with Gasteiger partial charge in [-0.3, -0.25) is 14.5 Å². The first-order valence-corrected chi connectivity index (χ1v) is 12.4. The van der Waals surface area contributed by atoms with Gasteiger partial charge in [0.25, 0.3) is 5.78 Å². The molecule has 1 N–H and O–H groups in total. The quantitative estimate of drug-likeness (QED) is 0.222. The zero-order valence-corrected chi connectivity index (χ0v) is 20.3. The molecule has 4 aromatic rings. The zero-order chi connectivity index (χ0) is 25.1. The van der Waals surface area contributed by atoms with Crippen molar-refractivity contribution in [2.24, 2.45) is 0 Å². The maximum absolute atomic E-state index is 13.8. The summed E-state index contributed by atoms with van der Waals surface area (Å²) in [6, 6.07) is 16.0. The van der Waals surface area contributed by atoms with Crippen molar-refractivity contribution in [3.8, 4) is 5.75 Å². The molecule has 1 saturated heterocycles. The number of carbonyl (C=O) groups excluding carboxylic acids is 2. The molecule has 2 aliphatic rings. The SMILES string of the molecule is Cc1ccc(C2C(=C(O)c3ccc4c(c3)CC(C)O4)C(=O)C(=O)N2c2nc3ccc(F)cc3s2)cc1. The molecular formula is C28H21FN2O4S. The smallest absolute Gasteiger partial charge is 0.301 e. The Morgan fingerprint density at radius 2 is 1.89 bits per heavy atom. The predicted molar refractivity (Wildman–Crippen MR) is 136 cm³/mol. The van der Waals surface area contributed by atoms with E-state index in [4.69, 9.17) is 4.74 Å². The molecule has 2 aliphatic heterocycles. The topological polar surface area (TPSA) is 79.7 Å². The van der Waals surface area contributed by atoms with Crippen LogP contribution in [-0.4, -0.2) is 27.9 Å². The van der Waals surface area contributed by atoms with Crippen molar-refractivity contribution in [2.75, 3.05) is 4.90 Å². The van der Waals surface area contributed by atoms with E-state index in [1.54, 1.807) is 18.2 Å². The number of fused-ring (bicyclic) bond motifs is 2. The molecule has 36 heavy (non-hydrogen) atoms. The van der Waals surface area contributed by atoms with Crippen LogP contribution in [0.1, 0.15) is 35.2 Å². The maximum atomic E-state index is 13.8. The first-order valence-electron chi connectivity index (χ1n) is 11.5. The molecule has 1 fully saturated rings. The second-order valence-corrected chi connectivity index (χ2v) is 10.2. The van der Waals surface area contributed by atoms with Gasteiger partial charge in [-0.2, -0.15) is 0 Å². The Morgan fingerprint density at radius 1 is 1.11 bits per heavy atom. The lowest BCUT2D eigenvalue weighted by molar-refractivity contribution is -0.132. The molecule has 1 aromatic heterocycles. The maximum Gasteiger partial charge on any atom is 0.301 e. The van der Waals surface area contributed by atoms with Crippen molar-refractivity contribution < 1.29 is 23.8 Å². The molecule has 0 radical (unpaired) electrons. The van der Waals surface area contributed by atoms with Gasteiger partial charge in [-0.25, -0.2) is 9.37 Å². The number of hydrogen-bond acceptors (Lipinski definition) is 6. The predicted octanol–water partition coefficient (Wildman–Crippen LogP) is 5.69. The summed E-state index contributed by atoms with van der Waals surface area (Å²) in [4.78, 5) is 32.6. The van der Waals surface area contributed by atoms with Gasteiger partial charge >= 0.3 is 5.91 Å². The molecule has 1 amide bonds. The second-order valence-electron chi connectivity index (χ2n) is 9.14. The Hall–Kier alpha value is -4.04. The molecule has 0 spiro atoms. The van der Waals surface area contributed by atoms with Gasteiger partial charge in [0.1, 0.15) is 23.4 Å². The molecule has 2 unspecified atom stereocenters. The average Bonchev–Trinajstić information content (AvgIpc) is 3.51. The van der Waals surface area contributed by atoms with Crippen LogP contribution in [0, 0.1) is 12.7 Å². The first kappa shape index (κ1) is 22.4. The summed E-state index contributed by atoms with van der Waals surface area (Å²) < 4.78 is 20.1. The van der Waals surface area contributed by atoms with Crippen molar-refractivity contribution >= 4 is 44.1 Å². The number of aliphatic hydroxyl groups excluding tert-OH is 1. The van der Waals surface area contributed by atoms with Crippen molar-refractivity contribution in [3.63, 3.8) is 0 Å². The Bertz CT molecular complexity index is 1590. The number of aryl methyl sites for hydroxylation is 1. The van der Waals surface area contributed by atoms with E-state index < -0.39 is 23.5 Å². The number of anilines is 1. The fraction of sp³-hybridized carbons (Fsp3) is 0.179. The minimum atomic E-state index is -0.889. The highest BCUT2D eigenvalue weighted by atomic mass is 32.1. The van der Waals surface area contributed by atoms with E-state index in [1.165, 1.54) is 23.1 Å². The van der Waals surface area contributed by atoms with Gasteiger partial charge in [0.05, 0.1) is 21.8 Å². The van der Waals surface area contributed by atoms with Crippen LogP contribution in [0.2, 0.25) is 0 Å². The monoisotopic (exact) mass is 500 g/mol. The number of Topliss-reactive ketones (excluding diaryl/α,β-unsaturated/α-hetero) is 1. The van der Waals surface area contributed by atoms with E-state index in [9.17, 15) is 19.1 Å². The molecule has 3 aromatic carbocycles.